The number of rotatable bonds is 8. The Morgan fingerprint density at radius 1 is 1.22 bits per heavy atom. The number of nitrogens with one attached hydrogen (secondary N) is 1. The maximum Gasteiger partial charge on any atom is 0.230 e. The van der Waals surface area contributed by atoms with Crippen LogP contribution in [-0.4, -0.2) is 27.8 Å². The summed E-state index contributed by atoms with van der Waals surface area (Å²) in [6, 6.07) is 6.44. The molecule has 0 spiro atoms. The molecule has 2 aromatic rings. The molecule has 0 atom stereocenters. The van der Waals surface area contributed by atoms with Gasteiger partial charge in [-0.15, -0.1) is 0 Å². The molecule has 1 aromatic heterocycles. The molecule has 0 saturated carbocycles. The third kappa shape index (κ3) is 4.38. The van der Waals surface area contributed by atoms with Gasteiger partial charge in [-0.2, -0.15) is 0 Å². The van der Waals surface area contributed by atoms with Crippen LogP contribution in [0, 0.1) is 0 Å². The van der Waals surface area contributed by atoms with Crippen molar-refractivity contribution in [3.8, 4) is 5.69 Å². The number of amides is 1. The van der Waals surface area contributed by atoms with Gasteiger partial charge in [0.2, 0.25) is 5.91 Å². The van der Waals surface area contributed by atoms with E-state index in [-0.39, 0.29) is 5.91 Å². The van der Waals surface area contributed by atoms with Gasteiger partial charge in [-0.3, -0.25) is 9.36 Å². The Morgan fingerprint density at radius 2 is 1.91 bits per heavy atom. The van der Waals surface area contributed by atoms with Crippen LogP contribution >= 0.6 is 11.8 Å². The molecule has 0 aliphatic heterocycles. The number of thioether (sulfide) groups is 1. The van der Waals surface area contributed by atoms with Crippen molar-refractivity contribution in [1.82, 2.24) is 14.9 Å². The van der Waals surface area contributed by atoms with E-state index in [9.17, 15) is 4.79 Å². The zero-order valence-electron chi connectivity index (χ0n) is 14.1. The van der Waals surface area contributed by atoms with E-state index in [0.717, 1.165) is 31.0 Å². The second kappa shape index (κ2) is 8.77. The average Bonchev–Trinajstić information content (AvgIpc) is 3.05. The first-order valence-electron chi connectivity index (χ1n) is 8.25. The smallest absolute Gasteiger partial charge is 0.230 e. The zero-order valence-corrected chi connectivity index (χ0v) is 14.9. The van der Waals surface area contributed by atoms with E-state index in [4.69, 9.17) is 0 Å². The highest BCUT2D eigenvalue weighted by Gasteiger charge is 2.13. The average molecular weight is 331 g/mol. The topological polar surface area (TPSA) is 46.9 Å². The van der Waals surface area contributed by atoms with Crippen LogP contribution in [0.5, 0.6) is 0 Å². The molecule has 0 fully saturated rings. The quantitative estimate of drug-likeness (QED) is 0.752. The fourth-order valence-electron chi connectivity index (χ4n) is 2.54. The van der Waals surface area contributed by atoms with Gasteiger partial charge in [0.05, 0.1) is 11.4 Å². The molecule has 1 heterocycles. The summed E-state index contributed by atoms with van der Waals surface area (Å²) >= 11 is 1.49. The normalized spacial score (nSPS) is 10.7. The number of nitrogens with zero attached hydrogens (tertiary/aromatic N) is 2. The van der Waals surface area contributed by atoms with Crippen LogP contribution in [-0.2, 0) is 17.6 Å². The van der Waals surface area contributed by atoms with E-state index in [0.29, 0.717) is 5.75 Å². The fourth-order valence-corrected chi connectivity index (χ4v) is 3.33. The van der Waals surface area contributed by atoms with Gasteiger partial charge in [0.15, 0.2) is 5.16 Å². The molecule has 23 heavy (non-hydrogen) atoms. The number of carbonyl (C=O) groups is 1. The standard InChI is InChI=1S/C18H25N3OS/c1-4-10-19-16(22)13-23-18-20-11-12-21(18)17-14(5-2)8-7-9-15(17)6-3/h7-9,11-12H,4-6,10,13H2,1-3H3,(H,19,22). The summed E-state index contributed by atoms with van der Waals surface area (Å²) in [5.41, 5.74) is 3.82. The van der Waals surface area contributed by atoms with Gasteiger partial charge in [0, 0.05) is 18.9 Å². The Kier molecular flexibility index (Phi) is 6.71. The molecular weight excluding hydrogens is 306 g/mol. The number of benzene rings is 1. The van der Waals surface area contributed by atoms with Crippen molar-refractivity contribution in [2.24, 2.45) is 0 Å². The van der Waals surface area contributed by atoms with Gasteiger partial charge in [-0.1, -0.05) is 50.7 Å². The molecule has 5 heteroatoms. The molecule has 0 radical (unpaired) electrons. The van der Waals surface area contributed by atoms with E-state index < -0.39 is 0 Å². The van der Waals surface area contributed by atoms with Crippen LogP contribution in [0.4, 0.5) is 0 Å². The molecular formula is C18H25N3OS. The molecule has 4 nitrogen and oxygen atoms in total. The summed E-state index contributed by atoms with van der Waals surface area (Å²) in [5.74, 6) is 0.457. The van der Waals surface area contributed by atoms with Crippen LogP contribution in [0.1, 0.15) is 38.3 Å². The molecule has 1 aromatic carbocycles. The number of hydrogen-bond acceptors (Lipinski definition) is 3. The van der Waals surface area contributed by atoms with Crippen molar-refractivity contribution in [1.29, 1.82) is 0 Å². The Morgan fingerprint density at radius 3 is 2.52 bits per heavy atom. The van der Waals surface area contributed by atoms with Gasteiger partial charge in [-0.05, 0) is 30.4 Å². The summed E-state index contributed by atoms with van der Waals surface area (Å²) in [6.07, 6.45) is 6.69. The minimum absolute atomic E-state index is 0.0610. The van der Waals surface area contributed by atoms with Crippen molar-refractivity contribution < 1.29 is 4.79 Å². The Labute approximate surface area is 142 Å². The fraction of sp³-hybridized carbons (Fsp3) is 0.444. The third-order valence-corrected chi connectivity index (χ3v) is 4.68. The van der Waals surface area contributed by atoms with Crippen molar-refractivity contribution >= 4 is 17.7 Å². The molecule has 1 amide bonds. The SMILES string of the molecule is CCCNC(=O)CSc1nccn1-c1c(CC)cccc1CC. The van der Waals surface area contributed by atoms with Crippen molar-refractivity contribution in [2.75, 3.05) is 12.3 Å². The second-order valence-corrected chi connectivity index (χ2v) is 6.29. The van der Waals surface area contributed by atoms with E-state index in [1.807, 2.05) is 13.1 Å². The van der Waals surface area contributed by atoms with Crippen molar-refractivity contribution in [3.05, 3.63) is 41.7 Å². The van der Waals surface area contributed by atoms with Gasteiger partial charge in [0.1, 0.15) is 0 Å². The van der Waals surface area contributed by atoms with Crippen LogP contribution in [0.25, 0.3) is 5.69 Å². The van der Waals surface area contributed by atoms with Gasteiger partial charge < -0.3 is 5.32 Å². The number of hydrogen-bond donors (Lipinski definition) is 1. The van der Waals surface area contributed by atoms with Crippen LogP contribution in [0.15, 0.2) is 35.7 Å². The molecule has 0 bridgehead atoms. The van der Waals surface area contributed by atoms with Crippen molar-refractivity contribution in [2.45, 2.75) is 45.2 Å². The first-order valence-corrected chi connectivity index (χ1v) is 9.23. The largest absolute Gasteiger partial charge is 0.355 e. The Hall–Kier alpha value is -1.75. The molecule has 124 valence electrons. The predicted octanol–water partition coefficient (Wildman–Crippen LogP) is 3.62. The molecule has 0 aliphatic carbocycles. The molecule has 1 N–H and O–H groups in total. The summed E-state index contributed by atoms with van der Waals surface area (Å²) in [5, 5.41) is 3.77. The lowest BCUT2D eigenvalue weighted by molar-refractivity contribution is -0.118. The predicted molar refractivity (Wildman–Crippen MR) is 96.3 cm³/mol. The molecule has 0 aliphatic rings. The molecule has 0 unspecified atom stereocenters. The maximum absolute atomic E-state index is 11.8. The number of aromatic nitrogens is 2. The number of carbonyl (C=O) groups excluding carboxylic acids is 1. The minimum Gasteiger partial charge on any atom is -0.355 e. The second-order valence-electron chi connectivity index (χ2n) is 5.35. The lowest BCUT2D eigenvalue weighted by atomic mass is 10.0. The first-order chi connectivity index (χ1) is 11.2. The van der Waals surface area contributed by atoms with Crippen LogP contribution in [0.2, 0.25) is 0 Å². The number of aryl methyl sites for hydroxylation is 2. The lowest BCUT2D eigenvalue weighted by Crippen LogP contribution is -2.25. The van der Waals surface area contributed by atoms with E-state index >= 15 is 0 Å². The molecule has 2 rings (SSSR count). The zero-order chi connectivity index (χ0) is 16.7. The van der Waals surface area contributed by atoms with Gasteiger partial charge in [-0.25, -0.2) is 4.98 Å². The lowest BCUT2D eigenvalue weighted by Gasteiger charge is -2.16. The van der Waals surface area contributed by atoms with Crippen LogP contribution in [0.3, 0.4) is 0 Å². The van der Waals surface area contributed by atoms with Crippen molar-refractivity contribution in [3.63, 3.8) is 0 Å². The Balaban J connectivity index is 2.23. The minimum atomic E-state index is 0.0610. The summed E-state index contributed by atoms with van der Waals surface area (Å²) in [6.45, 7) is 7.11. The van der Waals surface area contributed by atoms with Gasteiger partial charge in [0.25, 0.3) is 0 Å². The number of para-hydroxylation sites is 1. The van der Waals surface area contributed by atoms with E-state index in [2.05, 4.69) is 46.9 Å². The maximum atomic E-state index is 11.8. The third-order valence-electron chi connectivity index (χ3n) is 3.72. The highest BCUT2D eigenvalue weighted by molar-refractivity contribution is 7.99. The summed E-state index contributed by atoms with van der Waals surface area (Å²) in [4.78, 5) is 16.3. The highest BCUT2D eigenvalue weighted by atomic mass is 32.2. The first kappa shape index (κ1) is 17.6. The summed E-state index contributed by atoms with van der Waals surface area (Å²) in [7, 11) is 0. The number of imidazole rings is 1. The summed E-state index contributed by atoms with van der Waals surface area (Å²) < 4.78 is 2.12. The molecule has 0 saturated heterocycles. The van der Waals surface area contributed by atoms with Gasteiger partial charge >= 0.3 is 0 Å². The Bertz CT molecular complexity index is 629. The van der Waals surface area contributed by atoms with E-state index in [1.165, 1.54) is 28.6 Å². The van der Waals surface area contributed by atoms with Crippen LogP contribution < -0.4 is 5.32 Å². The monoisotopic (exact) mass is 331 g/mol. The van der Waals surface area contributed by atoms with E-state index in [1.54, 1.807) is 6.20 Å². The highest BCUT2D eigenvalue weighted by Crippen LogP contribution is 2.26.